The van der Waals surface area contributed by atoms with E-state index in [2.05, 4.69) is 22.8 Å². The van der Waals surface area contributed by atoms with Crippen LogP contribution in [0.1, 0.15) is 47.2 Å². The first-order valence-electron chi connectivity index (χ1n) is 11.3. The molecule has 0 saturated carbocycles. The van der Waals surface area contributed by atoms with Gasteiger partial charge in [-0.05, 0) is 46.9 Å². The van der Waals surface area contributed by atoms with Crippen LogP contribution in [0.3, 0.4) is 0 Å². The predicted molar refractivity (Wildman–Crippen MR) is 134 cm³/mol. The average Bonchev–Trinajstić information content (AvgIpc) is 3.17. The minimum atomic E-state index is -1.20. The van der Waals surface area contributed by atoms with E-state index in [0.717, 1.165) is 22.3 Å². The lowest BCUT2D eigenvalue weighted by Crippen LogP contribution is -2.38. The standard InChI is InChI=1S/C27H25ClN2O5/c1-2-17(14-25(31)30-24-12-11-16(28)13-22(24)26(32)33)29-27(34)35-15-23-20-9-5-3-7-18(20)19-8-4-6-10-21(19)23/h3-13,17,23H,2,14-15H2,1H3,(H,29,34)(H,30,31)(H,32,33)/t17-/m1/s1. The smallest absolute Gasteiger partial charge is 0.407 e. The normalized spacial score (nSPS) is 12.9. The highest BCUT2D eigenvalue weighted by Crippen LogP contribution is 2.44. The van der Waals surface area contributed by atoms with E-state index in [0.29, 0.717) is 6.42 Å². The van der Waals surface area contributed by atoms with Gasteiger partial charge in [-0.15, -0.1) is 0 Å². The van der Waals surface area contributed by atoms with Crippen LogP contribution >= 0.6 is 11.6 Å². The number of anilines is 1. The van der Waals surface area contributed by atoms with Crippen molar-refractivity contribution < 1.29 is 24.2 Å². The lowest BCUT2D eigenvalue weighted by atomic mass is 9.98. The third-order valence-corrected chi connectivity index (χ3v) is 6.31. The van der Waals surface area contributed by atoms with E-state index in [1.54, 1.807) is 0 Å². The summed E-state index contributed by atoms with van der Waals surface area (Å²) in [6.07, 6.45) is -0.156. The molecule has 0 aromatic heterocycles. The van der Waals surface area contributed by atoms with Crippen LogP contribution in [0.25, 0.3) is 11.1 Å². The predicted octanol–water partition coefficient (Wildman–Crippen LogP) is 5.68. The summed E-state index contributed by atoms with van der Waals surface area (Å²) < 4.78 is 5.56. The van der Waals surface area contributed by atoms with Crippen LogP contribution in [-0.4, -0.2) is 35.7 Å². The van der Waals surface area contributed by atoms with Gasteiger partial charge in [-0.25, -0.2) is 9.59 Å². The molecule has 0 fully saturated rings. The molecule has 0 saturated heterocycles. The van der Waals surface area contributed by atoms with Crippen LogP contribution in [0.2, 0.25) is 5.02 Å². The number of benzene rings is 3. The van der Waals surface area contributed by atoms with Crippen LogP contribution in [0.5, 0.6) is 0 Å². The SMILES string of the molecule is CC[C@H](CC(=O)Nc1ccc(Cl)cc1C(=O)O)NC(=O)OCC1c2ccccc2-c2ccccc21. The first-order chi connectivity index (χ1) is 16.9. The van der Waals surface area contributed by atoms with Gasteiger partial charge in [-0.2, -0.15) is 0 Å². The summed E-state index contributed by atoms with van der Waals surface area (Å²) in [6.45, 7) is 2.02. The van der Waals surface area contributed by atoms with Crippen molar-refractivity contribution in [3.63, 3.8) is 0 Å². The molecule has 0 spiro atoms. The summed E-state index contributed by atoms with van der Waals surface area (Å²) in [5, 5.41) is 14.9. The molecule has 7 nitrogen and oxygen atoms in total. The molecule has 35 heavy (non-hydrogen) atoms. The zero-order valence-electron chi connectivity index (χ0n) is 19.1. The molecule has 0 heterocycles. The lowest BCUT2D eigenvalue weighted by Gasteiger charge is -2.19. The molecular weight excluding hydrogens is 468 g/mol. The number of hydrogen-bond acceptors (Lipinski definition) is 4. The molecule has 3 N–H and O–H groups in total. The molecule has 0 radical (unpaired) electrons. The molecule has 8 heteroatoms. The molecule has 1 aliphatic rings. The quantitative estimate of drug-likeness (QED) is 0.375. The van der Waals surface area contributed by atoms with Gasteiger partial charge in [0, 0.05) is 23.4 Å². The highest BCUT2D eigenvalue weighted by molar-refractivity contribution is 6.31. The highest BCUT2D eigenvalue weighted by Gasteiger charge is 2.29. The molecule has 0 unspecified atom stereocenters. The van der Waals surface area contributed by atoms with Crippen molar-refractivity contribution in [3.05, 3.63) is 88.4 Å². The molecule has 1 atom stereocenters. The molecule has 1 aliphatic carbocycles. The first kappa shape index (κ1) is 24.3. The van der Waals surface area contributed by atoms with Crippen molar-refractivity contribution in [2.75, 3.05) is 11.9 Å². The number of ether oxygens (including phenoxy) is 1. The van der Waals surface area contributed by atoms with Gasteiger partial charge in [0.15, 0.2) is 0 Å². The maximum absolute atomic E-state index is 12.6. The Morgan fingerprint density at radius 3 is 2.23 bits per heavy atom. The van der Waals surface area contributed by atoms with Gasteiger partial charge < -0.3 is 20.5 Å². The molecular formula is C27H25ClN2O5. The molecule has 0 bridgehead atoms. The van der Waals surface area contributed by atoms with Gasteiger partial charge in [-0.1, -0.05) is 67.1 Å². The van der Waals surface area contributed by atoms with Crippen LogP contribution in [0.15, 0.2) is 66.7 Å². The van der Waals surface area contributed by atoms with E-state index in [9.17, 15) is 19.5 Å². The zero-order valence-corrected chi connectivity index (χ0v) is 19.8. The first-order valence-corrected chi connectivity index (χ1v) is 11.7. The Bertz CT molecular complexity index is 1230. The number of fused-ring (bicyclic) bond motifs is 3. The fourth-order valence-electron chi connectivity index (χ4n) is 4.33. The molecule has 3 aromatic rings. The highest BCUT2D eigenvalue weighted by atomic mass is 35.5. The number of rotatable bonds is 8. The molecule has 180 valence electrons. The second-order valence-electron chi connectivity index (χ2n) is 8.32. The summed E-state index contributed by atoms with van der Waals surface area (Å²) in [6, 6.07) is 19.9. The number of aromatic carboxylic acids is 1. The second kappa shape index (κ2) is 10.6. The summed E-state index contributed by atoms with van der Waals surface area (Å²) >= 11 is 5.86. The van der Waals surface area contributed by atoms with E-state index < -0.39 is 24.0 Å². The van der Waals surface area contributed by atoms with Crippen molar-refractivity contribution >= 4 is 35.3 Å². The number of amides is 2. The fourth-order valence-corrected chi connectivity index (χ4v) is 4.50. The van der Waals surface area contributed by atoms with Gasteiger partial charge in [0.2, 0.25) is 5.91 Å². The maximum atomic E-state index is 12.6. The Hall–Kier alpha value is -3.84. The monoisotopic (exact) mass is 492 g/mol. The number of carbonyl (C=O) groups excluding carboxylic acids is 2. The van der Waals surface area contributed by atoms with Gasteiger partial charge >= 0.3 is 12.1 Å². The minimum Gasteiger partial charge on any atom is -0.478 e. The number of nitrogens with one attached hydrogen (secondary N) is 2. The van der Waals surface area contributed by atoms with Gasteiger partial charge in [0.1, 0.15) is 6.61 Å². The maximum Gasteiger partial charge on any atom is 0.407 e. The third kappa shape index (κ3) is 5.46. The van der Waals surface area contributed by atoms with Gasteiger partial charge in [0.05, 0.1) is 11.3 Å². The van der Waals surface area contributed by atoms with Crippen molar-refractivity contribution in [2.45, 2.75) is 31.7 Å². The zero-order chi connectivity index (χ0) is 24.9. The Balaban J connectivity index is 1.35. The molecule has 2 amide bonds. The molecule has 0 aliphatic heterocycles. The Kier molecular flexibility index (Phi) is 7.36. The molecule has 4 rings (SSSR count). The van der Waals surface area contributed by atoms with E-state index >= 15 is 0 Å². The number of hydrogen-bond donors (Lipinski definition) is 3. The van der Waals surface area contributed by atoms with Crippen LogP contribution in [0, 0.1) is 0 Å². The topological polar surface area (TPSA) is 105 Å². The minimum absolute atomic E-state index is 0.0393. The fraction of sp³-hybridized carbons (Fsp3) is 0.222. The second-order valence-corrected chi connectivity index (χ2v) is 8.76. The number of alkyl carbamates (subject to hydrolysis) is 1. The molecule has 3 aromatic carbocycles. The summed E-state index contributed by atoms with van der Waals surface area (Å²) in [5.74, 6) is -1.69. The Morgan fingerprint density at radius 2 is 1.63 bits per heavy atom. The third-order valence-electron chi connectivity index (χ3n) is 6.08. The van der Waals surface area contributed by atoms with Crippen LogP contribution in [-0.2, 0) is 9.53 Å². The van der Waals surface area contributed by atoms with E-state index in [4.69, 9.17) is 16.3 Å². The summed E-state index contributed by atoms with van der Waals surface area (Å²) in [4.78, 5) is 36.5. The number of carboxylic acid groups (broad SMARTS) is 1. The van der Waals surface area contributed by atoms with Crippen molar-refractivity contribution in [1.29, 1.82) is 0 Å². The van der Waals surface area contributed by atoms with Crippen molar-refractivity contribution in [1.82, 2.24) is 5.32 Å². The summed E-state index contributed by atoms with van der Waals surface area (Å²) in [7, 11) is 0. The Morgan fingerprint density at radius 1 is 1.00 bits per heavy atom. The summed E-state index contributed by atoms with van der Waals surface area (Å²) in [5.41, 5.74) is 4.55. The van der Waals surface area contributed by atoms with Crippen molar-refractivity contribution in [2.24, 2.45) is 0 Å². The van der Waals surface area contributed by atoms with Crippen LogP contribution in [0.4, 0.5) is 10.5 Å². The van der Waals surface area contributed by atoms with Gasteiger partial charge in [0.25, 0.3) is 0 Å². The van der Waals surface area contributed by atoms with Gasteiger partial charge in [-0.3, -0.25) is 4.79 Å². The van der Waals surface area contributed by atoms with Crippen LogP contribution < -0.4 is 10.6 Å². The van der Waals surface area contributed by atoms with E-state index in [1.807, 2.05) is 43.3 Å². The van der Waals surface area contributed by atoms with E-state index in [1.165, 1.54) is 18.2 Å². The average molecular weight is 493 g/mol. The van der Waals surface area contributed by atoms with Crippen molar-refractivity contribution in [3.8, 4) is 11.1 Å². The number of carbonyl (C=O) groups is 3. The largest absolute Gasteiger partial charge is 0.478 e. The number of halogens is 1. The number of carboxylic acids is 1. The van der Waals surface area contributed by atoms with E-state index in [-0.39, 0.29) is 35.2 Å². The lowest BCUT2D eigenvalue weighted by molar-refractivity contribution is -0.116. The Labute approximate surface area is 208 Å².